The van der Waals surface area contributed by atoms with E-state index in [9.17, 15) is 18.0 Å². The van der Waals surface area contributed by atoms with E-state index in [-0.39, 0.29) is 45.5 Å². The Labute approximate surface area is 291 Å². The van der Waals surface area contributed by atoms with Gasteiger partial charge in [0.25, 0.3) is 10.0 Å². The van der Waals surface area contributed by atoms with Gasteiger partial charge in [0, 0.05) is 29.1 Å². The van der Waals surface area contributed by atoms with Gasteiger partial charge in [0.2, 0.25) is 11.8 Å². The predicted molar refractivity (Wildman–Crippen MR) is 188 cm³/mol. The number of nitrogens with one attached hydrogen (secondary N) is 1. The summed E-state index contributed by atoms with van der Waals surface area (Å²) in [6.45, 7) is -0.628. The molecular formula is C36H36Cl3N3O4S. The second-order valence-electron chi connectivity index (χ2n) is 11.6. The molecule has 4 aromatic rings. The number of amides is 2. The Bertz CT molecular complexity index is 1790. The SMILES string of the molecule is O=C(NC1CCCCC1)[C@H](Cc1ccccc1)N(Cc1cccc(Cl)c1)C(=O)CN(c1cc(Cl)ccc1Cl)S(=O)(=O)c1ccccc1. The highest BCUT2D eigenvalue weighted by molar-refractivity contribution is 7.92. The summed E-state index contributed by atoms with van der Waals surface area (Å²) in [6, 6.07) is 27.8. The summed E-state index contributed by atoms with van der Waals surface area (Å²) >= 11 is 19.2. The van der Waals surface area contributed by atoms with Crippen molar-refractivity contribution in [3.63, 3.8) is 0 Å². The quantitative estimate of drug-likeness (QED) is 0.162. The van der Waals surface area contributed by atoms with Gasteiger partial charge in [0.15, 0.2) is 0 Å². The van der Waals surface area contributed by atoms with E-state index >= 15 is 0 Å². The van der Waals surface area contributed by atoms with Crippen molar-refractivity contribution in [3.05, 3.63) is 129 Å². The third-order valence-corrected chi connectivity index (χ3v) is 10.8. The summed E-state index contributed by atoms with van der Waals surface area (Å²) in [6.07, 6.45) is 5.11. The van der Waals surface area contributed by atoms with E-state index in [2.05, 4.69) is 5.32 Å². The maximum absolute atomic E-state index is 14.6. The maximum atomic E-state index is 14.6. The molecule has 5 rings (SSSR count). The summed E-state index contributed by atoms with van der Waals surface area (Å²) in [5.74, 6) is -0.894. The lowest BCUT2D eigenvalue weighted by atomic mass is 9.94. The normalized spacial score (nSPS) is 14.3. The molecule has 246 valence electrons. The van der Waals surface area contributed by atoms with Crippen LogP contribution in [-0.2, 0) is 32.6 Å². The Kier molecular flexibility index (Phi) is 11.9. The minimum Gasteiger partial charge on any atom is -0.352 e. The van der Waals surface area contributed by atoms with Gasteiger partial charge >= 0.3 is 0 Å². The average molecular weight is 713 g/mol. The van der Waals surface area contributed by atoms with Gasteiger partial charge in [-0.3, -0.25) is 13.9 Å². The third-order valence-electron chi connectivity index (χ3n) is 8.25. The highest BCUT2D eigenvalue weighted by atomic mass is 35.5. The van der Waals surface area contributed by atoms with Crippen LogP contribution in [0.5, 0.6) is 0 Å². The first kappa shape index (κ1) is 34.8. The Balaban J connectivity index is 1.58. The van der Waals surface area contributed by atoms with Crippen LogP contribution in [0, 0.1) is 0 Å². The molecule has 0 heterocycles. The lowest BCUT2D eigenvalue weighted by Crippen LogP contribution is -2.55. The molecular weight excluding hydrogens is 677 g/mol. The molecule has 1 aliphatic carbocycles. The Hall–Kier alpha value is -3.56. The fraction of sp³-hybridized carbons (Fsp3) is 0.278. The molecule has 1 N–H and O–H groups in total. The van der Waals surface area contributed by atoms with E-state index in [0.717, 1.165) is 42.0 Å². The van der Waals surface area contributed by atoms with Gasteiger partial charge in [0.1, 0.15) is 12.6 Å². The van der Waals surface area contributed by atoms with E-state index in [1.165, 1.54) is 29.2 Å². The molecule has 1 saturated carbocycles. The van der Waals surface area contributed by atoms with Gasteiger partial charge in [0.05, 0.1) is 15.6 Å². The van der Waals surface area contributed by atoms with Gasteiger partial charge in [-0.2, -0.15) is 0 Å². The number of benzene rings is 4. The first-order valence-electron chi connectivity index (χ1n) is 15.5. The molecule has 11 heteroatoms. The average Bonchev–Trinajstić information content (AvgIpc) is 3.07. The minimum atomic E-state index is -4.31. The van der Waals surface area contributed by atoms with Crippen LogP contribution >= 0.6 is 34.8 Å². The number of hydrogen-bond acceptors (Lipinski definition) is 4. The molecule has 1 atom stereocenters. The number of hydrogen-bond donors (Lipinski definition) is 1. The third kappa shape index (κ3) is 9.08. The van der Waals surface area contributed by atoms with Crippen LogP contribution in [0.1, 0.15) is 43.2 Å². The Morgan fingerprint density at radius 2 is 1.40 bits per heavy atom. The molecule has 0 bridgehead atoms. The molecule has 4 aromatic carbocycles. The van der Waals surface area contributed by atoms with Crippen LogP contribution < -0.4 is 9.62 Å². The molecule has 1 aliphatic rings. The second kappa shape index (κ2) is 16.0. The van der Waals surface area contributed by atoms with Crippen LogP contribution in [-0.4, -0.2) is 43.8 Å². The van der Waals surface area contributed by atoms with Gasteiger partial charge in [-0.05, 0) is 66.4 Å². The highest BCUT2D eigenvalue weighted by Crippen LogP contribution is 2.33. The summed E-state index contributed by atoms with van der Waals surface area (Å²) in [7, 11) is -4.31. The van der Waals surface area contributed by atoms with Crippen molar-refractivity contribution in [2.75, 3.05) is 10.8 Å². The number of nitrogens with zero attached hydrogens (tertiary/aromatic N) is 2. The van der Waals surface area contributed by atoms with Crippen LogP contribution in [0.4, 0.5) is 5.69 Å². The van der Waals surface area contributed by atoms with Crippen molar-refractivity contribution >= 4 is 62.3 Å². The van der Waals surface area contributed by atoms with E-state index in [1.54, 1.807) is 42.5 Å². The smallest absolute Gasteiger partial charge is 0.264 e. The Morgan fingerprint density at radius 1 is 0.766 bits per heavy atom. The van der Waals surface area contributed by atoms with Gasteiger partial charge < -0.3 is 10.2 Å². The lowest BCUT2D eigenvalue weighted by Gasteiger charge is -2.35. The van der Waals surface area contributed by atoms with Crippen LogP contribution in [0.2, 0.25) is 15.1 Å². The van der Waals surface area contributed by atoms with E-state index in [4.69, 9.17) is 34.8 Å². The number of anilines is 1. The lowest BCUT2D eigenvalue weighted by molar-refractivity contribution is -0.140. The molecule has 1 fully saturated rings. The van der Waals surface area contributed by atoms with E-state index in [0.29, 0.717) is 10.6 Å². The van der Waals surface area contributed by atoms with Crippen molar-refractivity contribution in [2.24, 2.45) is 0 Å². The topological polar surface area (TPSA) is 86.8 Å². The van der Waals surface area contributed by atoms with Crippen molar-refractivity contribution in [3.8, 4) is 0 Å². The zero-order chi connectivity index (χ0) is 33.4. The molecule has 0 aromatic heterocycles. The molecule has 0 saturated heterocycles. The monoisotopic (exact) mass is 711 g/mol. The highest BCUT2D eigenvalue weighted by Gasteiger charge is 2.36. The van der Waals surface area contributed by atoms with Crippen molar-refractivity contribution in [2.45, 2.75) is 62.0 Å². The van der Waals surface area contributed by atoms with Crippen molar-refractivity contribution in [1.29, 1.82) is 0 Å². The second-order valence-corrected chi connectivity index (χ2v) is 14.8. The van der Waals surface area contributed by atoms with Crippen LogP contribution in [0.3, 0.4) is 0 Å². The molecule has 0 radical (unpaired) electrons. The van der Waals surface area contributed by atoms with Gasteiger partial charge in [-0.25, -0.2) is 8.42 Å². The Morgan fingerprint density at radius 3 is 2.09 bits per heavy atom. The largest absolute Gasteiger partial charge is 0.352 e. The van der Waals surface area contributed by atoms with Gasteiger partial charge in [-0.1, -0.05) is 115 Å². The first-order valence-corrected chi connectivity index (χ1v) is 18.1. The standard InChI is InChI=1S/C36H36Cl3N3O4S/c37-28-14-10-13-27(21-28)24-41(34(22-26-11-4-1-5-12-26)36(44)40-30-15-6-2-7-16-30)35(43)25-42(33-23-29(38)19-20-32(33)39)47(45,46)31-17-8-3-9-18-31/h1,3-5,8-14,17-21,23,30,34H,2,6-7,15-16,22,24-25H2,(H,40,44)/t34-/m0/s1. The van der Waals surface area contributed by atoms with Crippen molar-refractivity contribution < 1.29 is 18.0 Å². The molecule has 0 spiro atoms. The predicted octanol–water partition coefficient (Wildman–Crippen LogP) is 7.93. The summed E-state index contributed by atoms with van der Waals surface area (Å²) in [5.41, 5.74) is 1.59. The van der Waals surface area contributed by atoms with Crippen LogP contribution in [0.25, 0.3) is 0 Å². The summed E-state index contributed by atoms with van der Waals surface area (Å²) in [5, 5.41) is 4.01. The zero-order valence-corrected chi connectivity index (χ0v) is 28.8. The minimum absolute atomic E-state index is 0.00197. The zero-order valence-electron chi connectivity index (χ0n) is 25.7. The molecule has 47 heavy (non-hydrogen) atoms. The number of carbonyl (C=O) groups excluding carboxylic acids is 2. The molecule has 0 unspecified atom stereocenters. The summed E-state index contributed by atoms with van der Waals surface area (Å²) < 4.78 is 29.3. The fourth-order valence-corrected chi connectivity index (χ4v) is 7.94. The first-order chi connectivity index (χ1) is 22.6. The number of sulfonamides is 1. The number of halogens is 3. The van der Waals surface area contributed by atoms with E-state index < -0.39 is 28.5 Å². The molecule has 0 aliphatic heterocycles. The molecule has 2 amide bonds. The number of carbonyl (C=O) groups is 2. The fourth-order valence-electron chi connectivity index (χ4n) is 5.84. The summed E-state index contributed by atoms with van der Waals surface area (Å²) in [4.78, 5) is 30.3. The number of rotatable bonds is 12. The maximum Gasteiger partial charge on any atom is 0.264 e. The van der Waals surface area contributed by atoms with E-state index in [1.807, 2.05) is 36.4 Å². The van der Waals surface area contributed by atoms with Crippen LogP contribution in [0.15, 0.2) is 108 Å². The van der Waals surface area contributed by atoms with Crippen molar-refractivity contribution in [1.82, 2.24) is 10.2 Å². The molecule has 7 nitrogen and oxygen atoms in total. The van der Waals surface area contributed by atoms with Gasteiger partial charge in [-0.15, -0.1) is 0 Å².